The molecule has 0 aromatic heterocycles. The molecule has 0 bridgehead atoms. The van der Waals surface area contributed by atoms with Crippen LogP contribution in [0.15, 0.2) is 43.5 Å². The average Bonchev–Trinajstić information content (AvgIpc) is 3.03. The fraction of sp³-hybridized carbons (Fsp3) is 0.632. The Morgan fingerprint density at radius 2 is 1.73 bits per heavy atom. The molecule has 3 amide bonds. The molecule has 6 atom stereocenters. The topological polar surface area (TPSA) is 114 Å². The van der Waals surface area contributed by atoms with Crippen LogP contribution in [0.5, 0.6) is 0 Å². The Morgan fingerprint density at radius 3 is 2.31 bits per heavy atom. The zero-order valence-electron chi connectivity index (χ0n) is 31.1. The van der Waals surface area contributed by atoms with Crippen molar-refractivity contribution in [3.05, 3.63) is 54.6 Å². The van der Waals surface area contributed by atoms with E-state index in [4.69, 9.17) is 9.16 Å². The Hall–Kier alpha value is -3.24. The van der Waals surface area contributed by atoms with E-state index < -0.39 is 38.3 Å². The highest BCUT2D eigenvalue weighted by Gasteiger charge is 2.42. The summed E-state index contributed by atoms with van der Waals surface area (Å²) in [4.78, 5) is 55.2. The van der Waals surface area contributed by atoms with Gasteiger partial charge in [-0.05, 0) is 87.7 Å². The predicted molar refractivity (Wildman–Crippen MR) is 195 cm³/mol. The van der Waals surface area contributed by atoms with Gasteiger partial charge in [-0.2, -0.15) is 0 Å². The van der Waals surface area contributed by atoms with Gasteiger partial charge in [-0.25, -0.2) is 0 Å². The quantitative estimate of drug-likeness (QED) is 0.112. The summed E-state index contributed by atoms with van der Waals surface area (Å²) in [6.07, 6.45) is 4.78. The number of carbonyl (C=O) groups excluding carboxylic acids is 4. The highest BCUT2D eigenvalue weighted by molar-refractivity contribution is 6.74. The van der Waals surface area contributed by atoms with Gasteiger partial charge in [0, 0.05) is 13.1 Å². The van der Waals surface area contributed by atoms with Gasteiger partial charge in [-0.3, -0.25) is 19.2 Å². The van der Waals surface area contributed by atoms with E-state index in [0.717, 1.165) is 11.1 Å². The van der Waals surface area contributed by atoms with Crippen molar-refractivity contribution >= 4 is 38.1 Å². The molecular formula is C38H61N3O6Si. The first-order valence-corrected chi connectivity index (χ1v) is 20.3. The van der Waals surface area contributed by atoms with Crippen molar-refractivity contribution in [3.8, 4) is 0 Å². The number of rotatable bonds is 16. The zero-order valence-corrected chi connectivity index (χ0v) is 32.1. The van der Waals surface area contributed by atoms with E-state index in [-0.39, 0.29) is 47.4 Å². The minimum atomic E-state index is -2.19. The number of benzene rings is 1. The van der Waals surface area contributed by atoms with Crippen LogP contribution in [0.4, 0.5) is 0 Å². The van der Waals surface area contributed by atoms with Crippen LogP contribution in [0.25, 0.3) is 6.08 Å². The van der Waals surface area contributed by atoms with E-state index in [1.54, 1.807) is 38.7 Å². The maximum atomic E-state index is 13.5. The molecule has 1 unspecified atom stereocenters. The third kappa shape index (κ3) is 11.4. The second-order valence-corrected chi connectivity index (χ2v) is 19.9. The SMILES string of the molecule is C=CCC[C@@H](O[Si](C)(C)C(C)(C)C)[C@@H](C)C(=O)O[C@H](C(=O)N[C@@H](C)C(=O)N1CCC[C@@H](C(=O)NC(C)c2cccc(C=C)c2)C1)C(C)C. The maximum absolute atomic E-state index is 13.5. The predicted octanol–water partition coefficient (Wildman–Crippen LogP) is 6.81. The second kappa shape index (κ2) is 18.0. The Kier molecular flexibility index (Phi) is 15.3. The van der Waals surface area contributed by atoms with Crippen molar-refractivity contribution in [2.75, 3.05) is 13.1 Å². The van der Waals surface area contributed by atoms with E-state index in [0.29, 0.717) is 32.2 Å². The van der Waals surface area contributed by atoms with Crippen LogP contribution in [-0.4, -0.2) is 68.2 Å². The summed E-state index contributed by atoms with van der Waals surface area (Å²) in [7, 11) is -2.19. The van der Waals surface area contributed by atoms with Gasteiger partial charge in [-0.15, -0.1) is 6.58 Å². The Bertz CT molecular complexity index is 1290. The molecule has 0 radical (unpaired) electrons. The number of esters is 1. The van der Waals surface area contributed by atoms with E-state index in [1.807, 2.05) is 37.3 Å². The van der Waals surface area contributed by atoms with Crippen LogP contribution in [0.2, 0.25) is 18.1 Å². The molecule has 48 heavy (non-hydrogen) atoms. The fourth-order valence-corrected chi connectivity index (χ4v) is 6.95. The monoisotopic (exact) mass is 683 g/mol. The first-order valence-electron chi connectivity index (χ1n) is 17.4. The lowest BCUT2D eigenvalue weighted by Crippen LogP contribution is -2.54. The summed E-state index contributed by atoms with van der Waals surface area (Å²) in [5, 5.41) is 5.83. The molecule has 1 aliphatic rings. The molecular weight excluding hydrogens is 623 g/mol. The summed E-state index contributed by atoms with van der Waals surface area (Å²) in [6.45, 7) is 28.1. The number of hydrogen-bond donors (Lipinski definition) is 2. The molecule has 0 aliphatic carbocycles. The van der Waals surface area contributed by atoms with E-state index in [2.05, 4.69) is 57.7 Å². The number of allylic oxidation sites excluding steroid dienone is 1. The van der Waals surface area contributed by atoms with Crippen molar-refractivity contribution in [1.82, 2.24) is 15.5 Å². The molecule has 1 fully saturated rings. The number of ether oxygens (including phenoxy) is 1. The molecule has 9 nitrogen and oxygen atoms in total. The lowest BCUT2D eigenvalue weighted by Gasteiger charge is -2.40. The summed E-state index contributed by atoms with van der Waals surface area (Å²) >= 11 is 0. The minimum absolute atomic E-state index is 0.0410. The number of piperidine rings is 1. The number of amides is 3. The van der Waals surface area contributed by atoms with Crippen molar-refractivity contribution in [3.63, 3.8) is 0 Å². The van der Waals surface area contributed by atoms with Gasteiger partial charge in [0.1, 0.15) is 6.04 Å². The van der Waals surface area contributed by atoms with Crippen molar-refractivity contribution in [1.29, 1.82) is 0 Å². The third-order valence-electron chi connectivity index (χ3n) is 9.78. The first kappa shape index (κ1) is 40.9. The molecule has 0 saturated carbocycles. The molecule has 2 rings (SSSR count). The Morgan fingerprint density at radius 1 is 1.06 bits per heavy atom. The molecule has 0 spiro atoms. The standard InChI is InChI=1S/C38H61N3O6Si/c1-13-15-21-32(47-48(11,12)38(8,9)10)26(5)37(45)46-33(25(3)4)35(43)40-28(7)36(44)41-22-17-20-31(24-41)34(42)39-27(6)30-19-16-18-29(14-2)23-30/h13-14,16,18-19,23,25-28,31-33H,1-2,15,17,20-22,24H2,3-12H3,(H,39,42)(H,40,43)/t26-,27?,28+,31-,32-,33+/m1/s1. The van der Waals surface area contributed by atoms with Gasteiger partial charge in [-0.1, -0.05) is 71.5 Å². The van der Waals surface area contributed by atoms with Crippen LogP contribution >= 0.6 is 0 Å². The van der Waals surface area contributed by atoms with E-state index in [1.165, 1.54) is 0 Å². The molecule has 268 valence electrons. The van der Waals surface area contributed by atoms with Crippen molar-refractivity contribution in [2.45, 2.75) is 123 Å². The number of nitrogens with zero attached hydrogens (tertiary/aromatic N) is 1. The molecule has 1 aromatic rings. The van der Waals surface area contributed by atoms with Gasteiger partial charge in [0.15, 0.2) is 14.4 Å². The van der Waals surface area contributed by atoms with Gasteiger partial charge in [0.25, 0.3) is 5.91 Å². The fourth-order valence-electron chi connectivity index (χ4n) is 5.52. The number of nitrogens with one attached hydrogen (secondary N) is 2. The lowest BCUT2D eigenvalue weighted by atomic mass is 9.95. The molecule has 10 heteroatoms. The van der Waals surface area contributed by atoms with Gasteiger partial charge in [0.05, 0.1) is 24.0 Å². The summed E-state index contributed by atoms with van der Waals surface area (Å²) in [5.41, 5.74) is 1.96. The van der Waals surface area contributed by atoms with Crippen molar-refractivity contribution in [2.24, 2.45) is 17.8 Å². The second-order valence-electron chi connectivity index (χ2n) is 15.1. The summed E-state index contributed by atoms with van der Waals surface area (Å²) in [6, 6.07) is 6.78. The smallest absolute Gasteiger partial charge is 0.312 e. The van der Waals surface area contributed by atoms with E-state index in [9.17, 15) is 19.2 Å². The summed E-state index contributed by atoms with van der Waals surface area (Å²) < 4.78 is 12.5. The van der Waals surface area contributed by atoms with Gasteiger partial charge in [0.2, 0.25) is 11.8 Å². The minimum Gasteiger partial charge on any atom is -0.452 e. The highest BCUT2D eigenvalue weighted by Crippen LogP contribution is 2.39. The largest absolute Gasteiger partial charge is 0.452 e. The number of hydrogen-bond acceptors (Lipinski definition) is 6. The van der Waals surface area contributed by atoms with E-state index >= 15 is 0 Å². The van der Waals surface area contributed by atoms with Crippen LogP contribution < -0.4 is 10.6 Å². The Balaban J connectivity index is 2.04. The highest BCUT2D eigenvalue weighted by atomic mass is 28.4. The first-order chi connectivity index (χ1) is 22.3. The number of carbonyl (C=O) groups is 4. The van der Waals surface area contributed by atoms with Gasteiger partial charge >= 0.3 is 5.97 Å². The van der Waals surface area contributed by atoms with Crippen LogP contribution in [0.1, 0.15) is 98.2 Å². The van der Waals surface area contributed by atoms with Crippen LogP contribution in [0.3, 0.4) is 0 Å². The molecule has 1 aromatic carbocycles. The zero-order chi connectivity index (χ0) is 36.4. The molecule has 1 aliphatic heterocycles. The Labute approximate surface area is 290 Å². The maximum Gasteiger partial charge on any atom is 0.312 e. The summed E-state index contributed by atoms with van der Waals surface area (Å²) in [5.74, 6) is -2.70. The third-order valence-corrected chi connectivity index (χ3v) is 14.3. The average molecular weight is 684 g/mol. The lowest BCUT2D eigenvalue weighted by molar-refractivity contribution is -0.165. The molecule has 1 saturated heterocycles. The van der Waals surface area contributed by atoms with Gasteiger partial charge < -0.3 is 24.7 Å². The normalized spacial score (nSPS) is 18.6. The van der Waals surface area contributed by atoms with Crippen LogP contribution in [0, 0.1) is 17.8 Å². The van der Waals surface area contributed by atoms with Crippen LogP contribution in [-0.2, 0) is 28.3 Å². The molecule has 2 N–H and O–H groups in total. The molecule has 1 heterocycles. The van der Waals surface area contributed by atoms with Crippen molar-refractivity contribution < 1.29 is 28.3 Å². The number of likely N-dealkylation sites (tertiary alicyclic amines) is 1.